The maximum atomic E-state index is 9.45. The Kier molecular flexibility index (Phi) is 3.84. The molecule has 0 saturated carbocycles. The minimum absolute atomic E-state index is 0.00288. The number of aliphatic hydroxyl groups excluding tert-OH is 1. The summed E-state index contributed by atoms with van der Waals surface area (Å²) in [6, 6.07) is 7.42. The van der Waals surface area contributed by atoms with E-state index in [1.54, 1.807) is 18.0 Å². The van der Waals surface area contributed by atoms with Crippen LogP contribution in [0, 0.1) is 0 Å². The minimum Gasteiger partial charge on any atom is -0.497 e. The van der Waals surface area contributed by atoms with Gasteiger partial charge in [0.15, 0.2) is 0 Å². The number of hydrogen-bond donors (Lipinski definition) is 2. The molecule has 1 atom stereocenters. The van der Waals surface area contributed by atoms with Crippen LogP contribution in [0.1, 0.15) is 11.6 Å². The molecule has 0 aliphatic heterocycles. The fourth-order valence-corrected chi connectivity index (χ4v) is 1.77. The third-order valence-corrected chi connectivity index (χ3v) is 2.72. The highest BCUT2D eigenvalue weighted by molar-refractivity contribution is 5.49. The molecule has 2 aromatic rings. The van der Waals surface area contributed by atoms with Crippen LogP contribution in [0.5, 0.6) is 5.75 Å². The van der Waals surface area contributed by atoms with Gasteiger partial charge in [0.1, 0.15) is 5.75 Å². The summed E-state index contributed by atoms with van der Waals surface area (Å²) in [6.45, 7) is 0.00288. The molecule has 0 amide bonds. The van der Waals surface area contributed by atoms with E-state index in [0.29, 0.717) is 0 Å². The molecule has 1 aromatic carbocycles. The molecule has 1 aromatic heterocycles. The molecule has 0 aliphatic rings. The van der Waals surface area contributed by atoms with Crippen LogP contribution in [0.2, 0.25) is 0 Å². The van der Waals surface area contributed by atoms with Crippen molar-refractivity contribution in [2.75, 3.05) is 19.0 Å². The van der Waals surface area contributed by atoms with Crippen LogP contribution in [-0.2, 0) is 7.05 Å². The van der Waals surface area contributed by atoms with Crippen molar-refractivity contribution in [2.24, 2.45) is 7.05 Å². The van der Waals surface area contributed by atoms with Crippen molar-refractivity contribution in [1.82, 2.24) is 9.78 Å². The van der Waals surface area contributed by atoms with Crippen LogP contribution in [0.15, 0.2) is 36.7 Å². The Morgan fingerprint density at radius 2 is 2.33 bits per heavy atom. The lowest BCUT2D eigenvalue weighted by atomic mass is 10.1. The number of rotatable bonds is 5. The molecular formula is C13H17N3O2. The normalized spacial score (nSPS) is 12.2. The summed E-state index contributed by atoms with van der Waals surface area (Å²) in [5.41, 5.74) is 1.85. The minimum atomic E-state index is -0.175. The third-order valence-electron chi connectivity index (χ3n) is 2.72. The van der Waals surface area contributed by atoms with Gasteiger partial charge in [-0.1, -0.05) is 6.07 Å². The predicted molar refractivity (Wildman–Crippen MR) is 69.7 cm³/mol. The Balaban J connectivity index is 2.14. The molecule has 1 heterocycles. The molecule has 2 N–H and O–H groups in total. The second kappa shape index (κ2) is 5.55. The molecule has 2 rings (SSSR count). The molecule has 5 heteroatoms. The molecule has 18 heavy (non-hydrogen) atoms. The van der Waals surface area contributed by atoms with Crippen LogP contribution in [-0.4, -0.2) is 28.6 Å². The Labute approximate surface area is 106 Å². The first-order valence-electron chi connectivity index (χ1n) is 5.73. The van der Waals surface area contributed by atoms with E-state index < -0.39 is 0 Å². The van der Waals surface area contributed by atoms with Crippen LogP contribution in [0.3, 0.4) is 0 Å². The predicted octanol–water partition coefficient (Wildman–Crippen LogP) is 1.57. The van der Waals surface area contributed by atoms with Gasteiger partial charge in [-0.2, -0.15) is 5.10 Å². The molecule has 5 nitrogen and oxygen atoms in total. The van der Waals surface area contributed by atoms with E-state index in [9.17, 15) is 5.11 Å². The molecule has 0 radical (unpaired) electrons. The molecule has 0 saturated heterocycles. The fourth-order valence-electron chi connectivity index (χ4n) is 1.77. The Bertz CT molecular complexity index is 510. The summed E-state index contributed by atoms with van der Waals surface area (Å²) < 4.78 is 6.87. The quantitative estimate of drug-likeness (QED) is 0.842. The van der Waals surface area contributed by atoms with Crippen LogP contribution >= 0.6 is 0 Å². The second-order valence-corrected chi connectivity index (χ2v) is 4.06. The largest absolute Gasteiger partial charge is 0.497 e. The van der Waals surface area contributed by atoms with Gasteiger partial charge in [0, 0.05) is 30.6 Å². The van der Waals surface area contributed by atoms with Crippen molar-refractivity contribution in [3.8, 4) is 5.75 Å². The van der Waals surface area contributed by atoms with Gasteiger partial charge < -0.3 is 15.2 Å². The van der Waals surface area contributed by atoms with Crippen molar-refractivity contribution in [2.45, 2.75) is 6.04 Å². The summed E-state index contributed by atoms with van der Waals surface area (Å²) in [6.07, 6.45) is 3.63. The van der Waals surface area contributed by atoms with Gasteiger partial charge in [0.25, 0.3) is 0 Å². The van der Waals surface area contributed by atoms with Crippen molar-refractivity contribution in [3.05, 3.63) is 42.2 Å². The summed E-state index contributed by atoms with van der Waals surface area (Å²) in [5, 5.41) is 16.8. The number of nitrogens with zero attached hydrogens (tertiary/aromatic N) is 2. The maximum absolute atomic E-state index is 9.45. The van der Waals surface area contributed by atoms with Crippen molar-refractivity contribution in [1.29, 1.82) is 0 Å². The lowest BCUT2D eigenvalue weighted by Gasteiger charge is -2.16. The van der Waals surface area contributed by atoms with E-state index in [4.69, 9.17) is 4.74 Å². The highest BCUT2D eigenvalue weighted by Gasteiger charge is 2.12. The van der Waals surface area contributed by atoms with Gasteiger partial charge in [-0.05, 0) is 12.1 Å². The lowest BCUT2D eigenvalue weighted by Crippen LogP contribution is -2.14. The number of benzene rings is 1. The molecule has 0 spiro atoms. The number of aromatic nitrogens is 2. The van der Waals surface area contributed by atoms with Crippen LogP contribution in [0.25, 0.3) is 0 Å². The Hall–Kier alpha value is -2.01. The van der Waals surface area contributed by atoms with Gasteiger partial charge in [-0.25, -0.2) is 0 Å². The average molecular weight is 247 g/mol. The van der Waals surface area contributed by atoms with Gasteiger partial charge in [-0.3, -0.25) is 4.68 Å². The second-order valence-electron chi connectivity index (χ2n) is 4.06. The van der Waals surface area contributed by atoms with E-state index >= 15 is 0 Å². The van der Waals surface area contributed by atoms with Gasteiger partial charge in [-0.15, -0.1) is 0 Å². The van der Waals surface area contributed by atoms with E-state index in [0.717, 1.165) is 17.0 Å². The maximum Gasteiger partial charge on any atom is 0.120 e. The first-order valence-corrected chi connectivity index (χ1v) is 5.73. The van der Waals surface area contributed by atoms with Crippen molar-refractivity contribution in [3.63, 3.8) is 0 Å². The van der Waals surface area contributed by atoms with Gasteiger partial charge in [0.2, 0.25) is 0 Å². The van der Waals surface area contributed by atoms with Crippen LogP contribution < -0.4 is 10.1 Å². The zero-order valence-corrected chi connectivity index (χ0v) is 10.5. The highest BCUT2D eigenvalue weighted by atomic mass is 16.5. The number of ether oxygens (including phenoxy) is 1. The standard InChI is InChI=1S/C13H17N3O2/c1-16-8-10(7-14-16)13(9-17)15-11-4-3-5-12(6-11)18-2/h3-8,13,15,17H,9H2,1-2H3. The number of hydrogen-bond acceptors (Lipinski definition) is 4. The Morgan fingerprint density at radius 1 is 1.50 bits per heavy atom. The zero-order chi connectivity index (χ0) is 13.0. The smallest absolute Gasteiger partial charge is 0.120 e. The number of anilines is 1. The van der Waals surface area contributed by atoms with E-state index in [1.807, 2.05) is 37.5 Å². The van der Waals surface area contributed by atoms with E-state index in [1.165, 1.54) is 0 Å². The number of aryl methyl sites for hydroxylation is 1. The third kappa shape index (κ3) is 2.81. The first kappa shape index (κ1) is 12.4. The zero-order valence-electron chi connectivity index (χ0n) is 10.5. The van der Waals surface area contributed by atoms with Crippen LogP contribution in [0.4, 0.5) is 5.69 Å². The molecule has 1 unspecified atom stereocenters. The highest BCUT2D eigenvalue weighted by Crippen LogP contribution is 2.22. The first-order chi connectivity index (χ1) is 8.72. The van der Waals surface area contributed by atoms with Gasteiger partial charge in [0.05, 0.1) is 26.0 Å². The van der Waals surface area contributed by atoms with Crippen molar-refractivity contribution >= 4 is 5.69 Å². The van der Waals surface area contributed by atoms with E-state index in [-0.39, 0.29) is 12.6 Å². The average Bonchev–Trinajstić information content (AvgIpc) is 2.82. The Morgan fingerprint density at radius 3 is 2.94 bits per heavy atom. The molecule has 0 aliphatic carbocycles. The number of aliphatic hydroxyl groups is 1. The topological polar surface area (TPSA) is 59.3 Å². The number of methoxy groups -OCH3 is 1. The number of nitrogens with one attached hydrogen (secondary N) is 1. The van der Waals surface area contributed by atoms with Crippen molar-refractivity contribution < 1.29 is 9.84 Å². The SMILES string of the molecule is COc1cccc(NC(CO)c2cnn(C)c2)c1. The lowest BCUT2D eigenvalue weighted by molar-refractivity contribution is 0.276. The summed E-state index contributed by atoms with van der Waals surface area (Å²) >= 11 is 0. The fraction of sp³-hybridized carbons (Fsp3) is 0.308. The monoisotopic (exact) mass is 247 g/mol. The van der Waals surface area contributed by atoms with E-state index in [2.05, 4.69) is 10.4 Å². The van der Waals surface area contributed by atoms with Gasteiger partial charge >= 0.3 is 0 Å². The molecular weight excluding hydrogens is 230 g/mol. The summed E-state index contributed by atoms with van der Waals surface area (Å²) in [5.74, 6) is 0.780. The summed E-state index contributed by atoms with van der Waals surface area (Å²) in [7, 11) is 3.48. The summed E-state index contributed by atoms with van der Waals surface area (Å²) in [4.78, 5) is 0. The molecule has 96 valence electrons. The molecule has 0 bridgehead atoms. The molecule has 0 fully saturated rings.